The van der Waals surface area contributed by atoms with Gasteiger partial charge in [-0.05, 0) is 37.5 Å². The van der Waals surface area contributed by atoms with Gasteiger partial charge in [0.2, 0.25) is 10.0 Å². The van der Waals surface area contributed by atoms with Gasteiger partial charge in [-0.15, -0.1) is 0 Å². The van der Waals surface area contributed by atoms with Gasteiger partial charge in [0.1, 0.15) is 0 Å². The second-order valence-electron chi connectivity index (χ2n) is 4.47. The molecular weight excluding hydrogens is 250 g/mol. The molecule has 0 radical (unpaired) electrons. The molecule has 5 heteroatoms. The maximum Gasteiger partial charge on any atom is 0.242 e. The average molecular weight is 271 g/mol. The molecule has 0 aromatic heterocycles. The Hall–Kier alpha value is -0.910. The number of aliphatic hydroxyl groups is 1. The molecular formula is C13H21NO3S. The Morgan fingerprint density at radius 3 is 2.61 bits per heavy atom. The fraction of sp³-hybridized carbons (Fsp3) is 0.538. The van der Waals surface area contributed by atoms with Crippen LogP contribution < -0.4 is 0 Å². The van der Waals surface area contributed by atoms with Crippen molar-refractivity contribution >= 4 is 10.0 Å². The first-order valence-electron chi connectivity index (χ1n) is 6.11. The largest absolute Gasteiger partial charge is 0.393 e. The maximum absolute atomic E-state index is 12.3. The normalized spacial score (nSPS) is 13.8. The third-order valence-corrected chi connectivity index (χ3v) is 4.73. The minimum atomic E-state index is -3.45. The second kappa shape index (κ2) is 6.31. The van der Waals surface area contributed by atoms with Crippen molar-refractivity contribution in [3.8, 4) is 0 Å². The first-order chi connectivity index (χ1) is 8.37. The number of nitrogens with zero attached hydrogens (tertiary/aromatic N) is 1. The lowest BCUT2D eigenvalue weighted by atomic mass is 10.2. The summed E-state index contributed by atoms with van der Waals surface area (Å²) in [6.07, 6.45) is 0.744. The molecule has 0 aliphatic heterocycles. The van der Waals surface area contributed by atoms with Crippen LogP contribution in [0.4, 0.5) is 0 Å². The zero-order valence-electron chi connectivity index (χ0n) is 11.1. The average Bonchev–Trinajstić information content (AvgIpc) is 2.35. The lowest BCUT2D eigenvalue weighted by Crippen LogP contribution is -2.29. The van der Waals surface area contributed by atoms with Gasteiger partial charge in [-0.1, -0.05) is 19.1 Å². The van der Waals surface area contributed by atoms with Crippen molar-refractivity contribution in [2.24, 2.45) is 0 Å². The van der Waals surface area contributed by atoms with Crippen LogP contribution in [0.15, 0.2) is 29.2 Å². The van der Waals surface area contributed by atoms with Crippen molar-refractivity contribution in [3.05, 3.63) is 29.8 Å². The number of benzene rings is 1. The van der Waals surface area contributed by atoms with E-state index in [2.05, 4.69) is 0 Å². The van der Waals surface area contributed by atoms with E-state index in [4.69, 9.17) is 0 Å². The first-order valence-corrected chi connectivity index (χ1v) is 7.55. The summed E-state index contributed by atoms with van der Waals surface area (Å²) >= 11 is 0. The van der Waals surface area contributed by atoms with Crippen LogP contribution in [0.1, 0.15) is 25.8 Å². The molecule has 0 fully saturated rings. The van der Waals surface area contributed by atoms with Crippen LogP contribution in [0.5, 0.6) is 0 Å². The molecule has 0 bridgehead atoms. The fourth-order valence-electron chi connectivity index (χ4n) is 1.59. The number of sulfonamides is 1. The van der Waals surface area contributed by atoms with Crippen LogP contribution in [0, 0.1) is 0 Å². The van der Waals surface area contributed by atoms with Crippen LogP contribution in [0.2, 0.25) is 0 Å². The van der Waals surface area contributed by atoms with Gasteiger partial charge >= 0.3 is 0 Å². The topological polar surface area (TPSA) is 57.6 Å². The van der Waals surface area contributed by atoms with Crippen molar-refractivity contribution in [3.63, 3.8) is 0 Å². The molecule has 1 aromatic carbocycles. The monoisotopic (exact) mass is 271 g/mol. The third-order valence-electron chi connectivity index (χ3n) is 2.88. The van der Waals surface area contributed by atoms with E-state index >= 15 is 0 Å². The number of hydrogen-bond acceptors (Lipinski definition) is 3. The van der Waals surface area contributed by atoms with Gasteiger partial charge in [0.05, 0.1) is 11.0 Å². The molecule has 4 nitrogen and oxygen atoms in total. The lowest BCUT2D eigenvalue weighted by molar-refractivity contribution is 0.177. The molecule has 0 amide bonds. The maximum atomic E-state index is 12.3. The number of aryl methyl sites for hydroxylation is 1. The minimum absolute atomic E-state index is 0.315. The van der Waals surface area contributed by atoms with E-state index < -0.39 is 16.1 Å². The fourth-order valence-corrected chi connectivity index (χ4v) is 2.85. The van der Waals surface area contributed by atoms with E-state index in [0.29, 0.717) is 17.9 Å². The molecule has 1 unspecified atom stereocenters. The Labute approximate surface area is 109 Å². The Morgan fingerprint density at radius 2 is 2.06 bits per heavy atom. The highest BCUT2D eigenvalue weighted by Crippen LogP contribution is 2.16. The summed E-state index contributed by atoms with van der Waals surface area (Å²) < 4.78 is 25.8. The SMILES string of the molecule is CCc1cccc(S(=O)(=O)N(C)CCC(C)O)c1. The van der Waals surface area contributed by atoms with Gasteiger partial charge in [-0.3, -0.25) is 0 Å². The Morgan fingerprint density at radius 1 is 1.39 bits per heavy atom. The van der Waals surface area contributed by atoms with Crippen molar-refractivity contribution in [1.82, 2.24) is 4.31 Å². The van der Waals surface area contributed by atoms with Gasteiger partial charge < -0.3 is 5.11 Å². The van der Waals surface area contributed by atoms with Gasteiger partial charge in [0.25, 0.3) is 0 Å². The second-order valence-corrected chi connectivity index (χ2v) is 6.51. The standard InChI is InChI=1S/C13H21NO3S/c1-4-12-6-5-7-13(10-12)18(16,17)14(3)9-8-11(2)15/h5-7,10-11,15H,4,8-9H2,1-3H3. The van der Waals surface area contributed by atoms with Gasteiger partial charge in [0, 0.05) is 13.6 Å². The molecule has 1 N–H and O–H groups in total. The highest BCUT2D eigenvalue weighted by Gasteiger charge is 2.20. The van der Waals surface area contributed by atoms with Crippen molar-refractivity contribution in [2.45, 2.75) is 37.7 Å². The van der Waals surface area contributed by atoms with Crippen molar-refractivity contribution in [1.29, 1.82) is 0 Å². The van der Waals surface area contributed by atoms with E-state index in [-0.39, 0.29) is 0 Å². The molecule has 1 atom stereocenters. The molecule has 0 heterocycles. The summed E-state index contributed by atoms with van der Waals surface area (Å²) in [6.45, 7) is 3.96. The van der Waals surface area contributed by atoms with Gasteiger partial charge in [0.15, 0.2) is 0 Å². The van der Waals surface area contributed by atoms with Gasteiger partial charge in [-0.2, -0.15) is 0 Å². The quantitative estimate of drug-likeness (QED) is 0.855. The molecule has 18 heavy (non-hydrogen) atoms. The van der Waals surface area contributed by atoms with Crippen LogP contribution in [0.25, 0.3) is 0 Å². The van der Waals surface area contributed by atoms with E-state index in [1.54, 1.807) is 25.1 Å². The first kappa shape index (κ1) is 15.1. The molecule has 0 spiro atoms. The summed E-state index contributed by atoms with van der Waals surface area (Å²) in [7, 11) is -1.91. The zero-order valence-corrected chi connectivity index (χ0v) is 11.9. The zero-order chi connectivity index (χ0) is 13.8. The third kappa shape index (κ3) is 3.80. The Bertz CT molecular complexity index is 483. The summed E-state index contributed by atoms with van der Waals surface area (Å²) in [5.74, 6) is 0. The molecule has 1 aromatic rings. The van der Waals surface area contributed by atoms with Crippen molar-refractivity contribution in [2.75, 3.05) is 13.6 Å². The molecule has 0 saturated heterocycles. The smallest absolute Gasteiger partial charge is 0.242 e. The van der Waals surface area contributed by atoms with Crippen LogP contribution in [-0.2, 0) is 16.4 Å². The highest BCUT2D eigenvalue weighted by molar-refractivity contribution is 7.89. The van der Waals surface area contributed by atoms with Gasteiger partial charge in [-0.25, -0.2) is 12.7 Å². The summed E-state index contributed by atoms with van der Waals surface area (Å²) in [4.78, 5) is 0.315. The van der Waals surface area contributed by atoms with Crippen LogP contribution >= 0.6 is 0 Å². The molecule has 0 aliphatic rings. The Balaban J connectivity index is 2.91. The summed E-state index contributed by atoms with van der Waals surface area (Å²) in [5, 5.41) is 9.20. The summed E-state index contributed by atoms with van der Waals surface area (Å²) in [6, 6.07) is 6.98. The van der Waals surface area contributed by atoms with E-state index in [1.165, 1.54) is 11.4 Å². The molecule has 0 aliphatic carbocycles. The number of rotatable bonds is 6. The Kier molecular flexibility index (Phi) is 5.31. The van der Waals surface area contributed by atoms with Crippen molar-refractivity contribution < 1.29 is 13.5 Å². The predicted octanol–water partition coefficient (Wildman–Crippen LogP) is 1.64. The van der Waals surface area contributed by atoms with Crippen LogP contribution in [0.3, 0.4) is 0 Å². The van der Waals surface area contributed by atoms with E-state index in [0.717, 1.165) is 12.0 Å². The number of aliphatic hydroxyl groups excluding tert-OH is 1. The summed E-state index contributed by atoms with van der Waals surface area (Å²) in [5.41, 5.74) is 1.00. The molecule has 102 valence electrons. The highest BCUT2D eigenvalue weighted by atomic mass is 32.2. The molecule has 1 rings (SSSR count). The molecule has 0 saturated carbocycles. The minimum Gasteiger partial charge on any atom is -0.393 e. The number of hydrogen-bond donors (Lipinski definition) is 1. The van der Waals surface area contributed by atoms with E-state index in [1.807, 2.05) is 13.0 Å². The lowest BCUT2D eigenvalue weighted by Gasteiger charge is -2.18. The van der Waals surface area contributed by atoms with Crippen LogP contribution in [-0.4, -0.2) is 37.5 Å². The predicted molar refractivity (Wildman–Crippen MR) is 71.9 cm³/mol. The van der Waals surface area contributed by atoms with E-state index in [9.17, 15) is 13.5 Å².